The van der Waals surface area contributed by atoms with Gasteiger partial charge in [-0.25, -0.2) is 0 Å². The van der Waals surface area contributed by atoms with Crippen LogP contribution in [0.2, 0.25) is 0 Å². The third-order valence-corrected chi connectivity index (χ3v) is 3.64. The van der Waals surface area contributed by atoms with Gasteiger partial charge in [-0.2, -0.15) is 11.3 Å². The van der Waals surface area contributed by atoms with E-state index in [4.69, 9.17) is 0 Å². The summed E-state index contributed by atoms with van der Waals surface area (Å²) in [5, 5.41) is 4.04. The highest BCUT2D eigenvalue weighted by Crippen LogP contribution is 2.35. The van der Waals surface area contributed by atoms with E-state index in [0.29, 0.717) is 0 Å². The van der Waals surface area contributed by atoms with Crippen LogP contribution < -0.4 is 0 Å². The smallest absolute Gasteiger partial charge is 0.161 e. The van der Waals surface area contributed by atoms with Crippen molar-refractivity contribution in [3.63, 3.8) is 0 Å². The summed E-state index contributed by atoms with van der Waals surface area (Å²) in [6.07, 6.45) is 1.70. The van der Waals surface area contributed by atoms with Crippen molar-refractivity contribution in [1.82, 2.24) is 0 Å². The van der Waals surface area contributed by atoms with E-state index in [0.717, 1.165) is 21.6 Å². The molecule has 0 aromatic heterocycles. The van der Waals surface area contributed by atoms with Gasteiger partial charge in [0.25, 0.3) is 0 Å². The molecular formula is C10H9OS2. The average Bonchev–Trinajstić information content (AvgIpc) is 2.45. The van der Waals surface area contributed by atoms with Crippen molar-refractivity contribution in [2.45, 2.75) is 4.90 Å². The van der Waals surface area contributed by atoms with Crippen molar-refractivity contribution in [2.75, 3.05) is 6.26 Å². The molecule has 0 amide bonds. The Balaban J connectivity index is 2.67. The van der Waals surface area contributed by atoms with Crippen LogP contribution in [0.3, 0.4) is 0 Å². The molecule has 1 aliphatic heterocycles. The van der Waals surface area contributed by atoms with Crippen molar-refractivity contribution in [1.29, 1.82) is 0 Å². The maximum Gasteiger partial charge on any atom is 0.161 e. The largest absolute Gasteiger partial charge is 0.612 e. The lowest BCUT2D eigenvalue weighted by molar-refractivity contribution is 0.601. The Labute approximate surface area is 84.9 Å². The summed E-state index contributed by atoms with van der Waals surface area (Å²) < 4.78 is 11.4. The number of hydrogen-bond acceptors (Lipinski definition) is 2. The molecule has 1 nitrogen and oxygen atoms in total. The first-order valence-electron chi connectivity index (χ1n) is 3.84. The summed E-state index contributed by atoms with van der Waals surface area (Å²) in [5.74, 6) is 0. The van der Waals surface area contributed by atoms with Crippen molar-refractivity contribution in [3.05, 3.63) is 35.4 Å². The molecule has 0 spiro atoms. The molecule has 0 saturated carbocycles. The molecule has 1 atom stereocenters. The zero-order valence-corrected chi connectivity index (χ0v) is 8.87. The Morgan fingerprint density at radius 2 is 2.23 bits per heavy atom. The first-order valence-corrected chi connectivity index (χ1v) is 6.34. The van der Waals surface area contributed by atoms with Crippen LogP contribution in [0.4, 0.5) is 0 Å². The van der Waals surface area contributed by atoms with Crippen LogP contribution in [0.5, 0.6) is 0 Å². The van der Waals surface area contributed by atoms with Gasteiger partial charge in [-0.1, -0.05) is 0 Å². The fourth-order valence-electron chi connectivity index (χ4n) is 1.39. The molecule has 0 aromatic rings. The molecule has 67 valence electrons. The van der Waals surface area contributed by atoms with Gasteiger partial charge in [0, 0.05) is 10.9 Å². The van der Waals surface area contributed by atoms with Crippen LogP contribution in [-0.2, 0) is 11.2 Å². The van der Waals surface area contributed by atoms with E-state index in [1.54, 1.807) is 17.6 Å². The van der Waals surface area contributed by atoms with Crippen LogP contribution in [0.25, 0.3) is 11.1 Å². The summed E-state index contributed by atoms with van der Waals surface area (Å²) in [7, 11) is 0. The third-order valence-electron chi connectivity index (χ3n) is 2.02. The van der Waals surface area contributed by atoms with Gasteiger partial charge in [-0.05, 0) is 46.7 Å². The second-order valence-electron chi connectivity index (χ2n) is 2.87. The summed E-state index contributed by atoms with van der Waals surface area (Å²) in [4.78, 5) is 0.900. The molecule has 0 N–H and O–H groups in total. The van der Waals surface area contributed by atoms with Crippen LogP contribution >= 0.6 is 11.3 Å². The first kappa shape index (κ1) is 9.06. The predicted molar refractivity (Wildman–Crippen MR) is 57.7 cm³/mol. The minimum Gasteiger partial charge on any atom is -0.612 e. The van der Waals surface area contributed by atoms with Crippen LogP contribution in [0, 0.1) is 6.92 Å². The summed E-state index contributed by atoms with van der Waals surface area (Å²) in [6, 6.07) is 3.94. The van der Waals surface area contributed by atoms with E-state index in [2.05, 4.69) is 6.92 Å². The SMILES string of the molecule is [CH2]c1cc([S+](C)[O-])c2csccc1-2. The molecule has 0 aromatic carbocycles. The highest BCUT2D eigenvalue weighted by atomic mass is 32.2. The topological polar surface area (TPSA) is 23.1 Å². The van der Waals surface area contributed by atoms with E-state index in [-0.39, 0.29) is 0 Å². The lowest BCUT2D eigenvalue weighted by Gasteiger charge is -2.04. The third kappa shape index (κ3) is 1.47. The van der Waals surface area contributed by atoms with Gasteiger partial charge < -0.3 is 4.55 Å². The highest BCUT2D eigenvalue weighted by molar-refractivity contribution is 7.90. The van der Waals surface area contributed by atoms with Crippen LogP contribution in [-0.4, -0.2) is 10.8 Å². The Morgan fingerprint density at radius 3 is 2.92 bits per heavy atom. The minimum absolute atomic E-state index is 0.900. The van der Waals surface area contributed by atoms with Crippen molar-refractivity contribution in [3.8, 4) is 11.1 Å². The molecule has 1 radical (unpaired) electrons. The minimum atomic E-state index is -0.916. The Morgan fingerprint density at radius 1 is 1.46 bits per heavy atom. The molecule has 2 aliphatic rings. The van der Waals surface area contributed by atoms with Gasteiger partial charge in [-0.3, -0.25) is 0 Å². The average molecular weight is 209 g/mol. The van der Waals surface area contributed by atoms with E-state index in [1.165, 1.54) is 0 Å². The Hall–Kier alpha value is -0.510. The Kier molecular flexibility index (Phi) is 2.32. The molecule has 0 saturated heterocycles. The van der Waals surface area contributed by atoms with Gasteiger partial charge in [0.1, 0.15) is 6.26 Å². The lowest BCUT2D eigenvalue weighted by atomic mass is 10.1. The van der Waals surface area contributed by atoms with E-state index in [1.807, 2.05) is 22.9 Å². The second kappa shape index (κ2) is 3.33. The van der Waals surface area contributed by atoms with E-state index < -0.39 is 11.2 Å². The molecule has 1 unspecified atom stereocenters. The zero-order valence-electron chi connectivity index (χ0n) is 7.24. The van der Waals surface area contributed by atoms with Crippen LogP contribution in [0.15, 0.2) is 27.8 Å². The molecule has 13 heavy (non-hydrogen) atoms. The van der Waals surface area contributed by atoms with Crippen molar-refractivity contribution >= 4 is 22.5 Å². The van der Waals surface area contributed by atoms with E-state index >= 15 is 0 Å². The van der Waals surface area contributed by atoms with E-state index in [9.17, 15) is 4.55 Å². The van der Waals surface area contributed by atoms with Gasteiger partial charge in [0.2, 0.25) is 0 Å². The molecule has 3 heteroatoms. The number of hydrogen-bond donors (Lipinski definition) is 0. The normalized spacial score (nSPS) is 13.5. The van der Waals surface area contributed by atoms with Gasteiger partial charge in [-0.15, -0.1) is 0 Å². The summed E-state index contributed by atoms with van der Waals surface area (Å²) in [6.45, 7) is 3.92. The number of fused-ring (bicyclic) bond motifs is 1. The standard InChI is InChI=1S/C10H9OS2/c1-7-5-10(13(2)11)9-6-12-4-3-8(7)9/h3-6H,1H2,2H3. The van der Waals surface area contributed by atoms with Crippen molar-refractivity contribution in [2.24, 2.45) is 0 Å². The summed E-state index contributed by atoms with van der Waals surface area (Å²) >= 11 is 0.699. The molecule has 2 rings (SSSR count). The Bertz CT molecular complexity index is 392. The monoisotopic (exact) mass is 209 g/mol. The number of rotatable bonds is 1. The summed E-state index contributed by atoms with van der Waals surface area (Å²) in [5.41, 5.74) is 3.16. The lowest BCUT2D eigenvalue weighted by Crippen LogP contribution is -1.95. The predicted octanol–water partition coefficient (Wildman–Crippen LogP) is 2.77. The molecule has 1 aliphatic carbocycles. The molecular weight excluding hydrogens is 200 g/mol. The van der Waals surface area contributed by atoms with Crippen LogP contribution in [0.1, 0.15) is 5.56 Å². The highest BCUT2D eigenvalue weighted by Gasteiger charge is 2.19. The first-order chi connectivity index (χ1) is 6.20. The van der Waals surface area contributed by atoms with Gasteiger partial charge >= 0.3 is 0 Å². The zero-order chi connectivity index (χ0) is 9.42. The van der Waals surface area contributed by atoms with Gasteiger partial charge in [0.05, 0.1) is 0 Å². The quantitative estimate of drug-likeness (QED) is 0.662. The van der Waals surface area contributed by atoms with Gasteiger partial charge in [0.15, 0.2) is 4.90 Å². The molecule has 0 fully saturated rings. The fourth-order valence-corrected chi connectivity index (χ4v) is 2.93. The molecule has 0 bridgehead atoms. The molecule has 1 heterocycles. The maximum atomic E-state index is 11.4. The second-order valence-corrected chi connectivity index (χ2v) is 5.00. The van der Waals surface area contributed by atoms with Crippen molar-refractivity contribution < 1.29 is 4.55 Å². The fraction of sp³-hybridized carbons (Fsp3) is 0.100. The maximum absolute atomic E-state index is 11.4.